The lowest BCUT2D eigenvalue weighted by Crippen LogP contribution is -2.05. The molecule has 0 amide bonds. The van der Waals surface area contributed by atoms with Crippen molar-refractivity contribution in [3.63, 3.8) is 0 Å². The summed E-state index contributed by atoms with van der Waals surface area (Å²) in [6.07, 6.45) is 1.98. The fourth-order valence-corrected chi connectivity index (χ4v) is 1.88. The quantitative estimate of drug-likeness (QED) is 0.944. The first kappa shape index (κ1) is 11.7. The van der Waals surface area contributed by atoms with E-state index in [1.54, 1.807) is 0 Å². The highest BCUT2D eigenvalue weighted by molar-refractivity contribution is 9.10. The number of nitrogens with zero attached hydrogens (tertiary/aromatic N) is 2. The third-order valence-electron chi connectivity index (χ3n) is 2.18. The molecule has 1 heterocycles. The molecule has 0 radical (unpaired) electrons. The zero-order chi connectivity index (χ0) is 12.3. The SMILES string of the molecule is O=C(O)c1ccnc(Cc2cccc(Br)c2)n1. The van der Waals surface area contributed by atoms with Crippen molar-refractivity contribution in [2.75, 3.05) is 0 Å². The predicted molar refractivity (Wildman–Crippen MR) is 65.9 cm³/mol. The number of hydrogen-bond donors (Lipinski definition) is 1. The van der Waals surface area contributed by atoms with Gasteiger partial charge < -0.3 is 5.11 Å². The van der Waals surface area contributed by atoms with Crippen LogP contribution >= 0.6 is 15.9 Å². The van der Waals surface area contributed by atoms with Crippen LogP contribution in [0.15, 0.2) is 41.0 Å². The second-order valence-electron chi connectivity index (χ2n) is 3.47. The number of hydrogen-bond acceptors (Lipinski definition) is 3. The Morgan fingerprint density at radius 3 is 2.88 bits per heavy atom. The van der Waals surface area contributed by atoms with Crippen LogP contribution in [0.4, 0.5) is 0 Å². The lowest BCUT2D eigenvalue weighted by molar-refractivity contribution is 0.0690. The van der Waals surface area contributed by atoms with Gasteiger partial charge in [0.1, 0.15) is 5.82 Å². The molecule has 17 heavy (non-hydrogen) atoms. The van der Waals surface area contributed by atoms with E-state index in [2.05, 4.69) is 25.9 Å². The van der Waals surface area contributed by atoms with Gasteiger partial charge in [0, 0.05) is 17.1 Å². The number of aromatic nitrogens is 2. The van der Waals surface area contributed by atoms with E-state index >= 15 is 0 Å². The van der Waals surface area contributed by atoms with Crippen molar-refractivity contribution in [3.05, 3.63) is 58.1 Å². The average molecular weight is 293 g/mol. The van der Waals surface area contributed by atoms with Crippen molar-refractivity contribution in [1.82, 2.24) is 9.97 Å². The maximum atomic E-state index is 10.8. The van der Waals surface area contributed by atoms with Crippen LogP contribution in [-0.2, 0) is 6.42 Å². The van der Waals surface area contributed by atoms with Gasteiger partial charge in [0.25, 0.3) is 0 Å². The van der Waals surface area contributed by atoms with Gasteiger partial charge in [-0.3, -0.25) is 0 Å². The van der Waals surface area contributed by atoms with Crippen molar-refractivity contribution in [2.45, 2.75) is 6.42 Å². The molecule has 0 fully saturated rings. The predicted octanol–water partition coefficient (Wildman–Crippen LogP) is 2.53. The summed E-state index contributed by atoms with van der Waals surface area (Å²) in [5, 5.41) is 8.82. The van der Waals surface area contributed by atoms with Gasteiger partial charge in [0.05, 0.1) is 0 Å². The Kier molecular flexibility index (Phi) is 3.49. The smallest absolute Gasteiger partial charge is 0.354 e. The van der Waals surface area contributed by atoms with Gasteiger partial charge in [-0.25, -0.2) is 14.8 Å². The van der Waals surface area contributed by atoms with Gasteiger partial charge in [0.15, 0.2) is 5.69 Å². The lowest BCUT2D eigenvalue weighted by Gasteiger charge is -2.02. The minimum absolute atomic E-state index is 0.0185. The van der Waals surface area contributed by atoms with Crippen molar-refractivity contribution < 1.29 is 9.90 Å². The zero-order valence-corrected chi connectivity index (χ0v) is 10.4. The molecule has 0 bridgehead atoms. The molecular formula is C12H9BrN2O2. The van der Waals surface area contributed by atoms with E-state index in [1.165, 1.54) is 12.3 Å². The molecule has 5 heteroatoms. The molecular weight excluding hydrogens is 284 g/mol. The molecule has 0 aliphatic rings. The number of carbonyl (C=O) groups is 1. The average Bonchev–Trinajstić information content (AvgIpc) is 2.29. The van der Waals surface area contributed by atoms with Gasteiger partial charge >= 0.3 is 5.97 Å². The highest BCUT2D eigenvalue weighted by Gasteiger charge is 2.06. The van der Waals surface area contributed by atoms with Gasteiger partial charge in [0.2, 0.25) is 0 Å². The topological polar surface area (TPSA) is 63.1 Å². The van der Waals surface area contributed by atoms with Crippen LogP contribution in [0, 0.1) is 0 Å². The lowest BCUT2D eigenvalue weighted by atomic mass is 10.1. The van der Waals surface area contributed by atoms with E-state index in [0.29, 0.717) is 12.2 Å². The van der Waals surface area contributed by atoms with E-state index in [-0.39, 0.29) is 5.69 Å². The molecule has 2 aromatic rings. The molecule has 1 aromatic carbocycles. The van der Waals surface area contributed by atoms with Gasteiger partial charge in [-0.05, 0) is 23.8 Å². The fourth-order valence-electron chi connectivity index (χ4n) is 1.43. The third kappa shape index (κ3) is 3.10. The summed E-state index contributed by atoms with van der Waals surface area (Å²) < 4.78 is 0.976. The van der Waals surface area contributed by atoms with Crippen LogP contribution in [0.1, 0.15) is 21.9 Å². The van der Waals surface area contributed by atoms with Crippen molar-refractivity contribution in [1.29, 1.82) is 0 Å². The van der Waals surface area contributed by atoms with Gasteiger partial charge in [-0.1, -0.05) is 28.1 Å². The molecule has 4 nitrogen and oxygen atoms in total. The monoisotopic (exact) mass is 292 g/mol. The highest BCUT2D eigenvalue weighted by Crippen LogP contribution is 2.13. The largest absolute Gasteiger partial charge is 0.477 e. The summed E-state index contributed by atoms with van der Waals surface area (Å²) >= 11 is 3.38. The number of benzene rings is 1. The number of aromatic carboxylic acids is 1. The summed E-state index contributed by atoms with van der Waals surface area (Å²) in [6, 6.07) is 9.13. The van der Waals surface area contributed by atoms with Crippen molar-refractivity contribution in [3.8, 4) is 0 Å². The number of rotatable bonds is 3. The van der Waals surface area contributed by atoms with Crippen LogP contribution in [0.2, 0.25) is 0 Å². The van der Waals surface area contributed by atoms with Crippen LogP contribution in [0.25, 0.3) is 0 Å². The van der Waals surface area contributed by atoms with E-state index in [9.17, 15) is 4.79 Å². The maximum Gasteiger partial charge on any atom is 0.354 e. The molecule has 0 aliphatic heterocycles. The molecule has 0 saturated carbocycles. The Morgan fingerprint density at radius 1 is 1.35 bits per heavy atom. The second kappa shape index (κ2) is 5.05. The summed E-state index contributed by atoms with van der Waals surface area (Å²) in [7, 11) is 0. The summed E-state index contributed by atoms with van der Waals surface area (Å²) in [5.41, 5.74) is 1.05. The normalized spacial score (nSPS) is 10.2. The highest BCUT2D eigenvalue weighted by atomic mass is 79.9. The Hall–Kier alpha value is -1.75. The molecule has 0 unspecified atom stereocenters. The van der Waals surface area contributed by atoms with Crippen LogP contribution in [0.5, 0.6) is 0 Å². The van der Waals surface area contributed by atoms with Crippen LogP contribution < -0.4 is 0 Å². The Balaban J connectivity index is 2.24. The molecule has 2 rings (SSSR count). The fraction of sp³-hybridized carbons (Fsp3) is 0.0833. The third-order valence-corrected chi connectivity index (χ3v) is 2.67. The minimum Gasteiger partial charge on any atom is -0.477 e. The summed E-state index contributed by atoms with van der Waals surface area (Å²) in [6.45, 7) is 0. The molecule has 0 spiro atoms. The first-order chi connectivity index (χ1) is 8.15. The van der Waals surface area contributed by atoms with E-state index in [1.807, 2.05) is 24.3 Å². The second-order valence-corrected chi connectivity index (χ2v) is 4.39. The molecule has 0 aliphatic carbocycles. The molecule has 1 aromatic heterocycles. The van der Waals surface area contributed by atoms with Crippen LogP contribution in [0.3, 0.4) is 0 Å². The first-order valence-corrected chi connectivity index (χ1v) is 5.74. The zero-order valence-electron chi connectivity index (χ0n) is 8.80. The van der Waals surface area contributed by atoms with Gasteiger partial charge in [-0.15, -0.1) is 0 Å². The first-order valence-electron chi connectivity index (χ1n) is 4.95. The number of carboxylic acid groups (broad SMARTS) is 1. The Labute approximate surface area is 106 Å². The minimum atomic E-state index is -1.04. The number of carboxylic acids is 1. The summed E-state index contributed by atoms with van der Waals surface area (Å²) in [4.78, 5) is 18.8. The molecule has 0 saturated heterocycles. The molecule has 1 N–H and O–H groups in total. The van der Waals surface area contributed by atoms with Crippen molar-refractivity contribution in [2.24, 2.45) is 0 Å². The van der Waals surface area contributed by atoms with E-state index in [0.717, 1.165) is 10.0 Å². The standard InChI is InChI=1S/C12H9BrN2O2/c13-9-3-1-2-8(6-9)7-11-14-5-4-10(15-11)12(16)17/h1-6H,7H2,(H,16,17). The van der Waals surface area contributed by atoms with Crippen molar-refractivity contribution >= 4 is 21.9 Å². The number of halogens is 1. The molecule has 0 atom stereocenters. The maximum absolute atomic E-state index is 10.8. The Morgan fingerprint density at radius 2 is 2.18 bits per heavy atom. The Bertz CT molecular complexity index is 558. The van der Waals surface area contributed by atoms with E-state index < -0.39 is 5.97 Å². The van der Waals surface area contributed by atoms with Crippen LogP contribution in [-0.4, -0.2) is 21.0 Å². The van der Waals surface area contributed by atoms with E-state index in [4.69, 9.17) is 5.11 Å². The van der Waals surface area contributed by atoms with Gasteiger partial charge in [-0.2, -0.15) is 0 Å². The molecule has 86 valence electrons. The summed E-state index contributed by atoms with van der Waals surface area (Å²) in [5.74, 6) is -0.536.